The first-order valence-corrected chi connectivity index (χ1v) is 9.01. The Kier molecular flexibility index (Phi) is 5.96. The number of H-pyrrole nitrogens is 1. The lowest BCUT2D eigenvalue weighted by Gasteiger charge is -2.04. The van der Waals surface area contributed by atoms with Crippen molar-refractivity contribution in [3.05, 3.63) is 75.2 Å². The Labute approximate surface area is 166 Å². The van der Waals surface area contributed by atoms with Gasteiger partial charge in [0.1, 0.15) is 5.75 Å². The lowest BCUT2D eigenvalue weighted by molar-refractivity contribution is 0.259. The van der Waals surface area contributed by atoms with Gasteiger partial charge in [-0.25, -0.2) is 14.5 Å². The molecule has 0 aliphatic carbocycles. The molecule has 3 rings (SSSR count). The van der Waals surface area contributed by atoms with Gasteiger partial charge in [0, 0.05) is 22.6 Å². The number of nitrogens with zero attached hydrogens (tertiary/aromatic N) is 2. The molecule has 2 aromatic carbocycles. The number of nitrogens with one attached hydrogen (secondary N) is 2. The van der Waals surface area contributed by atoms with E-state index >= 15 is 0 Å². The third-order valence-corrected chi connectivity index (χ3v) is 4.15. The molecular formula is C20H19ClN4O3. The van der Waals surface area contributed by atoms with E-state index in [1.165, 1.54) is 10.9 Å². The van der Waals surface area contributed by atoms with Crippen molar-refractivity contribution in [1.29, 1.82) is 0 Å². The Morgan fingerprint density at radius 3 is 2.71 bits per heavy atom. The summed E-state index contributed by atoms with van der Waals surface area (Å²) >= 11 is 5.98. The standard InChI is InChI=1S/C20H19ClN4O3/c1-3-28-17-9-7-15(8-10-17)23-20(27)22-12-18-13(2)24-25(19(18)26)16-6-4-5-14(21)11-16/h4-12,24H,3H2,1-2H3,(H,23,27). The quantitative estimate of drug-likeness (QED) is 0.632. The van der Waals surface area contributed by atoms with Gasteiger partial charge in [-0.3, -0.25) is 9.89 Å². The molecule has 1 aromatic heterocycles. The first-order chi connectivity index (χ1) is 13.5. The fraction of sp³-hybridized carbons (Fsp3) is 0.150. The van der Waals surface area contributed by atoms with Crippen LogP contribution in [0.5, 0.6) is 5.75 Å². The Morgan fingerprint density at radius 1 is 1.29 bits per heavy atom. The molecular weight excluding hydrogens is 380 g/mol. The van der Waals surface area contributed by atoms with Gasteiger partial charge in [0.05, 0.1) is 17.9 Å². The van der Waals surface area contributed by atoms with Crippen LogP contribution in [-0.4, -0.2) is 28.6 Å². The lowest BCUT2D eigenvalue weighted by atomic mass is 10.3. The van der Waals surface area contributed by atoms with Crippen LogP contribution in [0.2, 0.25) is 5.02 Å². The number of urea groups is 1. The highest BCUT2D eigenvalue weighted by Gasteiger charge is 2.11. The normalized spacial score (nSPS) is 11.0. The molecule has 0 aliphatic rings. The maximum absolute atomic E-state index is 12.6. The van der Waals surface area contributed by atoms with Crippen molar-refractivity contribution >= 4 is 29.5 Å². The van der Waals surface area contributed by atoms with Crippen molar-refractivity contribution < 1.29 is 9.53 Å². The second-order valence-corrected chi connectivity index (χ2v) is 6.35. The summed E-state index contributed by atoms with van der Waals surface area (Å²) in [7, 11) is 0. The molecule has 0 radical (unpaired) electrons. The second-order valence-electron chi connectivity index (χ2n) is 5.92. The van der Waals surface area contributed by atoms with Gasteiger partial charge in [0.15, 0.2) is 0 Å². The van der Waals surface area contributed by atoms with Crippen LogP contribution < -0.4 is 15.6 Å². The van der Waals surface area contributed by atoms with Crippen LogP contribution >= 0.6 is 11.6 Å². The number of aryl methyl sites for hydroxylation is 1. The monoisotopic (exact) mass is 398 g/mol. The van der Waals surface area contributed by atoms with Crippen LogP contribution in [-0.2, 0) is 0 Å². The van der Waals surface area contributed by atoms with Gasteiger partial charge < -0.3 is 10.1 Å². The number of rotatable bonds is 5. The van der Waals surface area contributed by atoms with Gasteiger partial charge in [-0.2, -0.15) is 0 Å². The predicted molar refractivity (Wildman–Crippen MR) is 110 cm³/mol. The zero-order valence-electron chi connectivity index (χ0n) is 15.4. The molecule has 0 aliphatic heterocycles. The number of carbonyl (C=O) groups is 1. The van der Waals surface area contributed by atoms with E-state index in [-0.39, 0.29) is 5.56 Å². The first kappa shape index (κ1) is 19.4. The molecule has 2 N–H and O–H groups in total. The number of ether oxygens (including phenoxy) is 1. The second kappa shape index (κ2) is 8.58. The minimum absolute atomic E-state index is 0.293. The Bertz CT molecular complexity index is 1070. The van der Waals surface area contributed by atoms with Crippen molar-refractivity contribution in [1.82, 2.24) is 9.78 Å². The molecule has 0 spiro atoms. The number of aliphatic imine (C=N–C) groups is 1. The largest absolute Gasteiger partial charge is 0.494 e. The summed E-state index contributed by atoms with van der Waals surface area (Å²) in [6.07, 6.45) is 1.25. The SMILES string of the molecule is CCOc1ccc(NC(=O)N=Cc2c(C)[nH]n(-c3cccc(Cl)c3)c2=O)cc1. The predicted octanol–water partition coefficient (Wildman–Crippen LogP) is 4.18. The summed E-state index contributed by atoms with van der Waals surface area (Å²) < 4.78 is 6.71. The number of hydrogen-bond acceptors (Lipinski definition) is 3. The average Bonchev–Trinajstić information content (AvgIpc) is 2.96. The van der Waals surface area contributed by atoms with Crippen molar-refractivity contribution in [3.63, 3.8) is 0 Å². The summed E-state index contributed by atoms with van der Waals surface area (Å²) in [5, 5.41) is 6.11. The zero-order valence-corrected chi connectivity index (χ0v) is 16.2. The van der Waals surface area contributed by atoms with Gasteiger partial charge >= 0.3 is 6.03 Å². The summed E-state index contributed by atoms with van der Waals surface area (Å²) in [5.41, 5.74) is 1.73. The van der Waals surface area contributed by atoms with E-state index in [1.54, 1.807) is 55.5 Å². The van der Waals surface area contributed by atoms with Crippen LogP contribution in [0.15, 0.2) is 58.3 Å². The summed E-state index contributed by atoms with van der Waals surface area (Å²) in [5.74, 6) is 0.716. The maximum atomic E-state index is 12.6. The Hall–Kier alpha value is -3.32. The molecule has 3 aromatic rings. The molecule has 7 nitrogen and oxygen atoms in total. The van der Waals surface area contributed by atoms with Crippen molar-refractivity contribution in [2.45, 2.75) is 13.8 Å². The number of benzene rings is 2. The highest BCUT2D eigenvalue weighted by atomic mass is 35.5. The van der Waals surface area contributed by atoms with Crippen LogP contribution in [0.3, 0.4) is 0 Å². The molecule has 0 bridgehead atoms. The minimum atomic E-state index is -0.585. The Balaban J connectivity index is 1.75. The van der Waals surface area contributed by atoms with Crippen LogP contribution in [0.4, 0.5) is 10.5 Å². The highest BCUT2D eigenvalue weighted by Crippen LogP contribution is 2.16. The van der Waals surface area contributed by atoms with Crippen molar-refractivity contribution in [3.8, 4) is 11.4 Å². The molecule has 0 saturated heterocycles. The number of halogens is 1. The third-order valence-electron chi connectivity index (χ3n) is 3.91. The molecule has 1 heterocycles. The molecule has 2 amide bonds. The third kappa shape index (κ3) is 4.50. The summed E-state index contributed by atoms with van der Waals surface area (Å²) in [6.45, 7) is 4.20. The molecule has 8 heteroatoms. The number of anilines is 1. The van der Waals surface area contributed by atoms with Gasteiger partial charge in [0.2, 0.25) is 0 Å². The van der Waals surface area contributed by atoms with E-state index in [2.05, 4.69) is 15.4 Å². The fourth-order valence-electron chi connectivity index (χ4n) is 2.59. The highest BCUT2D eigenvalue weighted by molar-refractivity contribution is 6.30. The van der Waals surface area contributed by atoms with Gasteiger partial charge in [-0.05, 0) is 56.3 Å². The minimum Gasteiger partial charge on any atom is -0.494 e. The van der Waals surface area contributed by atoms with Crippen LogP contribution in [0.25, 0.3) is 5.69 Å². The van der Waals surface area contributed by atoms with E-state index < -0.39 is 6.03 Å². The number of carbonyl (C=O) groups excluding carboxylic acids is 1. The molecule has 0 fully saturated rings. The number of aromatic amines is 1. The van der Waals surface area contributed by atoms with E-state index in [0.717, 1.165) is 0 Å². The molecule has 0 unspecified atom stereocenters. The van der Waals surface area contributed by atoms with E-state index in [4.69, 9.17) is 16.3 Å². The lowest BCUT2D eigenvalue weighted by Crippen LogP contribution is -2.17. The van der Waals surface area contributed by atoms with Gasteiger partial charge in [0.25, 0.3) is 5.56 Å². The van der Waals surface area contributed by atoms with Gasteiger partial charge in [-0.15, -0.1) is 0 Å². The number of amides is 2. The average molecular weight is 399 g/mol. The molecule has 0 atom stereocenters. The smallest absolute Gasteiger partial charge is 0.345 e. The summed E-state index contributed by atoms with van der Waals surface area (Å²) in [4.78, 5) is 28.5. The zero-order chi connectivity index (χ0) is 20.1. The summed E-state index contributed by atoms with van der Waals surface area (Å²) in [6, 6.07) is 13.2. The molecule has 0 saturated carbocycles. The van der Waals surface area contributed by atoms with E-state index in [9.17, 15) is 9.59 Å². The molecule has 144 valence electrons. The van der Waals surface area contributed by atoms with E-state index in [0.29, 0.717) is 40.0 Å². The number of hydrogen-bond donors (Lipinski definition) is 2. The fourth-order valence-corrected chi connectivity index (χ4v) is 2.77. The van der Waals surface area contributed by atoms with E-state index in [1.807, 2.05) is 6.92 Å². The first-order valence-electron chi connectivity index (χ1n) is 8.63. The van der Waals surface area contributed by atoms with Crippen LogP contribution in [0.1, 0.15) is 18.2 Å². The van der Waals surface area contributed by atoms with Crippen molar-refractivity contribution in [2.24, 2.45) is 4.99 Å². The topological polar surface area (TPSA) is 88.5 Å². The van der Waals surface area contributed by atoms with Gasteiger partial charge in [-0.1, -0.05) is 17.7 Å². The van der Waals surface area contributed by atoms with Crippen molar-refractivity contribution in [2.75, 3.05) is 11.9 Å². The maximum Gasteiger partial charge on any atom is 0.345 e. The molecule has 28 heavy (non-hydrogen) atoms. The Morgan fingerprint density at radius 2 is 2.04 bits per heavy atom. The number of aromatic nitrogens is 2. The van der Waals surface area contributed by atoms with Crippen LogP contribution in [0, 0.1) is 6.92 Å².